The van der Waals surface area contributed by atoms with Crippen LogP contribution in [0.1, 0.15) is 47.3 Å². The van der Waals surface area contributed by atoms with E-state index in [1.165, 1.54) is 54.4 Å². The third-order valence-corrected chi connectivity index (χ3v) is 6.85. The summed E-state index contributed by atoms with van der Waals surface area (Å²) in [4.78, 5) is 18.6. The predicted octanol–water partition coefficient (Wildman–Crippen LogP) is 3.87. The van der Waals surface area contributed by atoms with Crippen LogP contribution in [0.2, 0.25) is 0 Å². The average Bonchev–Trinajstić information content (AvgIpc) is 2.84. The van der Waals surface area contributed by atoms with Gasteiger partial charge in [0.15, 0.2) is 0 Å². The Labute approximate surface area is 142 Å². The Hall–Kier alpha value is -0.520. The predicted molar refractivity (Wildman–Crippen MR) is 95.2 cm³/mol. The van der Waals surface area contributed by atoms with Gasteiger partial charge in [0.25, 0.3) is 5.91 Å². The van der Waals surface area contributed by atoms with E-state index < -0.39 is 0 Å². The van der Waals surface area contributed by atoms with Gasteiger partial charge in [0.2, 0.25) is 0 Å². The number of nitrogens with zero attached hydrogens (tertiary/aromatic N) is 2. The second kappa shape index (κ2) is 7.84. The second-order valence-corrected chi connectivity index (χ2v) is 8.93. The number of rotatable bonds is 5. The summed E-state index contributed by atoms with van der Waals surface area (Å²) in [5.74, 6) is 1.28. The fourth-order valence-electron chi connectivity index (χ4n) is 3.30. The molecule has 2 aliphatic heterocycles. The van der Waals surface area contributed by atoms with Crippen LogP contribution in [-0.4, -0.2) is 54.2 Å². The molecule has 0 unspecified atom stereocenters. The van der Waals surface area contributed by atoms with Crippen molar-refractivity contribution in [3.8, 4) is 0 Å². The summed E-state index contributed by atoms with van der Waals surface area (Å²) in [6.07, 6.45) is 6.47. The van der Waals surface area contributed by atoms with Gasteiger partial charge < -0.3 is 9.80 Å². The van der Waals surface area contributed by atoms with Gasteiger partial charge in [0.1, 0.15) is 0 Å². The molecule has 0 atom stereocenters. The molecule has 0 aliphatic carbocycles. The van der Waals surface area contributed by atoms with Crippen molar-refractivity contribution < 1.29 is 4.79 Å². The number of piperidine rings is 1. The summed E-state index contributed by atoms with van der Waals surface area (Å²) in [5, 5.41) is 0. The van der Waals surface area contributed by atoms with E-state index >= 15 is 0 Å². The number of likely N-dealkylation sites (tertiary alicyclic amines) is 1. The van der Waals surface area contributed by atoms with Crippen molar-refractivity contribution >= 4 is 29.0 Å². The van der Waals surface area contributed by atoms with Crippen LogP contribution in [0.3, 0.4) is 0 Å². The number of thiophene rings is 1. The highest BCUT2D eigenvalue weighted by Crippen LogP contribution is 2.34. The molecule has 2 aliphatic rings. The number of hydrogen-bond acceptors (Lipinski definition) is 4. The van der Waals surface area contributed by atoms with E-state index in [1.54, 1.807) is 11.3 Å². The number of carbonyl (C=O) groups excluding carboxylic acids is 1. The third kappa shape index (κ3) is 4.06. The van der Waals surface area contributed by atoms with E-state index in [0.717, 1.165) is 30.8 Å². The molecule has 0 aromatic carbocycles. The van der Waals surface area contributed by atoms with Crippen molar-refractivity contribution in [3.63, 3.8) is 0 Å². The molecule has 0 spiro atoms. The van der Waals surface area contributed by atoms with Gasteiger partial charge in [-0.1, -0.05) is 6.42 Å². The zero-order chi connectivity index (χ0) is 15.4. The quantitative estimate of drug-likeness (QED) is 0.762. The molecular formula is C17H26N2OS2. The molecule has 1 amide bonds. The molecule has 0 N–H and O–H groups in total. The largest absolute Gasteiger partial charge is 0.338 e. The first-order valence-corrected chi connectivity index (χ1v) is 10.3. The van der Waals surface area contributed by atoms with E-state index in [1.807, 2.05) is 11.8 Å². The van der Waals surface area contributed by atoms with Crippen LogP contribution >= 0.6 is 23.1 Å². The van der Waals surface area contributed by atoms with Crippen LogP contribution in [-0.2, 0) is 0 Å². The van der Waals surface area contributed by atoms with E-state index in [4.69, 9.17) is 0 Å². The maximum atomic E-state index is 12.7. The standard InChI is InChI=1S/C17H26N2OS2/c1-14-13-15-16(20)19(11-12-21-17(15)22-14)10-6-5-9-18-7-3-2-4-8-18/h13H,2-12H2,1H3. The third-order valence-electron chi connectivity index (χ3n) is 4.53. The molecule has 3 heterocycles. The lowest BCUT2D eigenvalue weighted by Gasteiger charge is -2.27. The lowest BCUT2D eigenvalue weighted by molar-refractivity contribution is 0.0761. The summed E-state index contributed by atoms with van der Waals surface area (Å²) in [6.45, 7) is 7.67. The summed E-state index contributed by atoms with van der Waals surface area (Å²) >= 11 is 3.61. The van der Waals surface area contributed by atoms with Crippen molar-refractivity contribution in [2.45, 2.75) is 43.2 Å². The first-order valence-electron chi connectivity index (χ1n) is 8.49. The Balaban J connectivity index is 1.47. The van der Waals surface area contributed by atoms with Gasteiger partial charge in [-0.3, -0.25) is 4.79 Å². The van der Waals surface area contributed by atoms with E-state index in [2.05, 4.69) is 22.8 Å². The highest BCUT2D eigenvalue weighted by Gasteiger charge is 2.24. The Morgan fingerprint density at radius 1 is 1.09 bits per heavy atom. The molecule has 0 bridgehead atoms. The number of unbranched alkanes of at least 4 members (excludes halogenated alkanes) is 1. The van der Waals surface area contributed by atoms with E-state index in [0.29, 0.717) is 0 Å². The number of hydrogen-bond donors (Lipinski definition) is 0. The topological polar surface area (TPSA) is 23.6 Å². The first-order chi connectivity index (χ1) is 10.7. The Morgan fingerprint density at radius 2 is 1.86 bits per heavy atom. The smallest absolute Gasteiger partial charge is 0.255 e. The van der Waals surface area contributed by atoms with Crippen molar-refractivity contribution in [1.82, 2.24) is 9.80 Å². The SMILES string of the molecule is Cc1cc2c(s1)SCCN(CCCCN1CCCCC1)C2=O. The highest BCUT2D eigenvalue weighted by molar-refractivity contribution is 8.01. The molecule has 5 heteroatoms. The van der Waals surface area contributed by atoms with E-state index in [-0.39, 0.29) is 5.91 Å². The van der Waals surface area contributed by atoms with Crippen LogP contribution < -0.4 is 0 Å². The Kier molecular flexibility index (Phi) is 5.83. The minimum atomic E-state index is 0.252. The average molecular weight is 339 g/mol. The molecule has 1 fully saturated rings. The van der Waals surface area contributed by atoms with Gasteiger partial charge >= 0.3 is 0 Å². The monoisotopic (exact) mass is 338 g/mol. The summed E-state index contributed by atoms with van der Waals surface area (Å²) in [5.41, 5.74) is 0.945. The van der Waals surface area contributed by atoms with Crippen molar-refractivity contribution in [1.29, 1.82) is 0 Å². The molecule has 1 saturated heterocycles. The molecule has 1 aromatic rings. The number of carbonyl (C=O) groups is 1. The Morgan fingerprint density at radius 3 is 2.68 bits per heavy atom. The molecule has 3 rings (SSSR count). The van der Waals surface area contributed by atoms with E-state index in [9.17, 15) is 4.79 Å². The van der Waals surface area contributed by atoms with Crippen molar-refractivity contribution in [2.75, 3.05) is 38.5 Å². The molecule has 22 heavy (non-hydrogen) atoms. The molecule has 1 aromatic heterocycles. The normalized spacial score (nSPS) is 20.0. The second-order valence-electron chi connectivity index (χ2n) is 6.31. The fourth-order valence-corrected chi connectivity index (χ4v) is 5.71. The highest BCUT2D eigenvalue weighted by atomic mass is 32.2. The lowest BCUT2D eigenvalue weighted by Crippen LogP contribution is -2.34. The first kappa shape index (κ1) is 16.3. The van der Waals surface area contributed by atoms with Crippen molar-refractivity contribution in [3.05, 3.63) is 16.5 Å². The molecular weight excluding hydrogens is 312 g/mol. The number of thioether (sulfide) groups is 1. The zero-order valence-electron chi connectivity index (χ0n) is 13.5. The van der Waals surface area contributed by atoms with Gasteiger partial charge in [-0.05, 0) is 58.3 Å². The summed E-state index contributed by atoms with van der Waals surface area (Å²) < 4.78 is 1.22. The number of fused-ring (bicyclic) bond motifs is 1. The van der Waals surface area contributed by atoms with Gasteiger partial charge in [0.05, 0.1) is 9.77 Å². The van der Waals surface area contributed by atoms with Gasteiger partial charge in [-0.15, -0.1) is 23.1 Å². The molecule has 0 saturated carbocycles. The van der Waals surface area contributed by atoms with Crippen LogP contribution in [0.25, 0.3) is 0 Å². The minimum absolute atomic E-state index is 0.252. The summed E-state index contributed by atoms with van der Waals surface area (Å²) in [7, 11) is 0. The van der Waals surface area contributed by atoms with Crippen LogP contribution in [0.4, 0.5) is 0 Å². The van der Waals surface area contributed by atoms with Crippen LogP contribution in [0, 0.1) is 6.92 Å². The molecule has 3 nitrogen and oxygen atoms in total. The number of amides is 1. The van der Waals surface area contributed by atoms with Gasteiger partial charge in [-0.25, -0.2) is 0 Å². The fraction of sp³-hybridized carbons (Fsp3) is 0.706. The van der Waals surface area contributed by atoms with Crippen molar-refractivity contribution in [2.24, 2.45) is 0 Å². The van der Waals surface area contributed by atoms with Gasteiger partial charge in [-0.2, -0.15) is 0 Å². The van der Waals surface area contributed by atoms with Crippen LogP contribution in [0.15, 0.2) is 10.3 Å². The number of aryl methyl sites for hydroxylation is 1. The maximum Gasteiger partial charge on any atom is 0.255 e. The summed E-state index contributed by atoms with van der Waals surface area (Å²) in [6, 6.07) is 2.07. The maximum absolute atomic E-state index is 12.7. The molecule has 122 valence electrons. The van der Waals surface area contributed by atoms with Crippen LogP contribution in [0.5, 0.6) is 0 Å². The Bertz CT molecular complexity index is 509. The van der Waals surface area contributed by atoms with Gasteiger partial charge in [0, 0.05) is 23.7 Å². The minimum Gasteiger partial charge on any atom is -0.338 e. The molecule has 0 radical (unpaired) electrons. The zero-order valence-corrected chi connectivity index (χ0v) is 15.1. The lowest BCUT2D eigenvalue weighted by atomic mass is 10.1.